The summed E-state index contributed by atoms with van der Waals surface area (Å²) in [5.74, 6) is 0. The van der Waals surface area contributed by atoms with Crippen LogP contribution in [-0.4, -0.2) is 37.6 Å². The molecule has 0 spiro atoms. The molecule has 0 N–H and O–H groups in total. The molecule has 1 heterocycles. The Labute approximate surface area is 101 Å². The van der Waals surface area contributed by atoms with Gasteiger partial charge < -0.3 is 9.80 Å². The molecule has 5 nitrogen and oxygen atoms in total. The van der Waals surface area contributed by atoms with E-state index in [0.29, 0.717) is 0 Å². The first-order valence-electron chi connectivity index (χ1n) is 5.96. The van der Waals surface area contributed by atoms with Gasteiger partial charge in [0.2, 0.25) is 0 Å². The van der Waals surface area contributed by atoms with Crippen molar-refractivity contribution in [3.63, 3.8) is 0 Å². The first-order valence-corrected chi connectivity index (χ1v) is 5.96. The number of nitrogens with zero attached hydrogens (tertiary/aromatic N) is 5. The van der Waals surface area contributed by atoms with Crippen LogP contribution >= 0.6 is 0 Å². The number of para-hydroxylation sites is 1. The Balaban J connectivity index is 2.15. The lowest BCUT2D eigenvalue weighted by Gasteiger charge is -2.36. The number of likely N-dealkylation sites (N-methyl/N-ethyl adjacent to an activating group) is 1. The van der Waals surface area contributed by atoms with Gasteiger partial charge in [0, 0.05) is 36.8 Å². The van der Waals surface area contributed by atoms with Crippen LogP contribution in [0.2, 0.25) is 0 Å². The van der Waals surface area contributed by atoms with Crippen molar-refractivity contribution in [1.82, 2.24) is 4.90 Å². The van der Waals surface area contributed by atoms with Crippen LogP contribution in [0.25, 0.3) is 10.4 Å². The van der Waals surface area contributed by atoms with E-state index in [1.807, 2.05) is 24.3 Å². The quantitative estimate of drug-likeness (QED) is 0.456. The molecule has 1 aromatic rings. The molecule has 2 rings (SSSR count). The highest BCUT2D eigenvalue weighted by Gasteiger charge is 2.17. The molecule has 1 saturated heterocycles. The van der Waals surface area contributed by atoms with Crippen molar-refractivity contribution in [3.05, 3.63) is 34.7 Å². The molecule has 1 aromatic carbocycles. The Hall–Kier alpha value is -1.71. The van der Waals surface area contributed by atoms with E-state index in [-0.39, 0.29) is 0 Å². The SMILES string of the molecule is CCN1CCN(c2ccccc2N=[N+]=[N-])CC1. The molecule has 0 aromatic heterocycles. The first-order chi connectivity index (χ1) is 8.35. The van der Waals surface area contributed by atoms with Gasteiger partial charge in [0.15, 0.2) is 0 Å². The van der Waals surface area contributed by atoms with Gasteiger partial charge in [-0.3, -0.25) is 0 Å². The largest absolute Gasteiger partial charge is 0.369 e. The third-order valence-corrected chi connectivity index (χ3v) is 3.19. The molecule has 0 saturated carbocycles. The number of rotatable bonds is 3. The zero-order chi connectivity index (χ0) is 12.1. The molecule has 1 fully saturated rings. The first kappa shape index (κ1) is 11.8. The summed E-state index contributed by atoms with van der Waals surface area (Å²) >= 11 is 0. The molecule has 0 bridgehead atoms. The van der Waals surface area contributed by atoms with E-state index in [1.165, 1.54) is 0 Å². The van der Waals surface area contributed by atoms with Crippen LogP contribution in [0.15, 0.2) is 29.4 Å². The second-order valence-electron chi connectivity index (χ2n) is 4.10. The van der Waals surface area contributed by atoms with Crippen molar-refractivity contribution >= 4 is 11.4 Å². The Morgan fingerprint density at radius 2 is 1.94 bits per heavy atom. The number of benzene rings is 1. The minimum absolute atomic E-state index is 0.722. The van der Waals surface area contributed by atoms with Crippen molar-refractivity contribution in [2.75, 3.05) is 37.6 Å². The number of anilines is 1. The van der Waals surface area contributed by atoms with Crippen LogP contribution in [0.3, 0.4) is 0 Å². The second-order valence-corrected chi connectivity index (χ2v) is 4.10. The summed E-state index contributed by atoms with van der Waals surface area (Å²) in [5, 5.41) is 3.75. The topological polar surface area (TPSA) is 55.2 Å². The third kappa shape index (κ3) is 2.70. The molecule has 0 aliphatic carbocycles. The van der Waals surface area contributed by atoms with Gasteiger partial charge in [-0.25, -0.2) is 0 Å². The van der Waals surface area contributed by atoms with Crippen LogP contribution in [0.4, 0.5) is 11.4 Å². The van der Waals surface area contributed by atoms with Crippen molar-refractivity contribution in [2.45, 2.75) is 6.92 Å². The van der Waals surface area contributed by atoms with Gasteiger partial charge in [-0.1, -0.05) is 30.2 Å². The second kappa shape index (κ2) is 5.57. The summed E-state index contributed by atoms with van der Waals surface area (Å²) in [7, 11) is 0. The molecule has 0 unspecified atom stereocenters. The normalized spacial score (nSPS) is 16.6. The van der Waals surface area contributed by atoms with Crippen LogP contribution in [-0.2, 0) is 0 Å². The maximum Gasteiger partial charge on any atom is 0.0609 e. The standard InChI is InChI=1S/C12H17N5/c1-2-16-7-9-17(10-8-16)12-6-4-3-5-11(12)14-15-13/h3-6H,2,7-10H2,1H3. The highest BCUT2D eigenvalue weighted by Crippen LogP contribution is 2.29. The van der Waals surface area contributed by atoms with Gasteiger partial charge >= 0.3 is 0 Å². The fraction of sp³-hybridized carbons (Fsp3) is 0.500. The van der Waals surface area contributed by atoms with E-state index in [4.69, 9.17) is 5.53 Å². The predicted octanol–water partition coefficient (Wildman–Crippen LogP) is 2.77. The van der Waals surface area contributed by atoms with Gasteiger partial charge in [0.25, 0.3) is 0 Å². The third-order valence-electron chi connectivity index (χ3n) is 3.19. The van der Waals surface area contributed by atoms with Crippen LogP contribution in [0.5, 0.6) is 0 Å². The molecule has 0 atom stereocenters. The Morgan fingerprint density at radius 1 is 1.24 bits per heavy atom. The Bertz CT molecular complexity index is 417. The smallest absolute Gasteiger partial charge is 0.0609 e. The lowest BCUT2D eigenvalue weighted by atomic mass is 10.2. The highest BCUT2D eigenvalue weighted by atomic mass is 15.3. The number of azide groups is 1. The van der Waals surface area contributed by atoms with Crippen molar-refractivity contribution in [1.29, 1.82) is 0 Å². The maximum absolute atomic E-state index is 8.55. The summed E-state index contributed by atoms with van der Waals surface area (Å²) in [4.78, 5) is 7.59. The molecule has 0 radical (unpaired) electrons. The van der Waals surface area contributed by atoms with Crippen molar-refractivity contribution in [2.24, 2.45) is 5.11 Å². The lowest BCUT2D eigenvalue weighted by Crippen LogP contribution is -2.46. The zero-order valence-electron chi connectivity index (χ0n) is 10.1. The molecule has 90 valence electrons. The van der Waals surface area contributed by atoms with Gasteiger partial charge in [-0.2, -0.15) is 0 Å². The molecular formula is C12H17N5. The molecule has 0 amide bonds. The van der Waals surface area contributed by atoms with E-state index in [0.717, 1.165) is 44.1 Å². The van der Waals surface area contributed by atoms with Crippen LogP contribution in [0.1, 0.15) is 6.92 Å². The van der Waals surface area contributed by atoms with Gasteiger partial charge in [0.05, 0.1) is 5.69 Å². The average molecular weight is 231 g/mol. The number of hydrogen-bond donors (Lipinski definition) is 0. The van der Waals surface area contributed by atoms with E-state index in [9.17, 15) is 0 Å². The Morgan fingerprint density at radius 3 is 2.59 bits per heavy atom. The van der Waals surface area contributed by atoms with Crippen molar-refractivity contribution < 1.29 is 0 Å². The molecule has 1 aliphatic rings. The predicted molar refractivity (Wildman–Crippen MR) is 69.6 cm³/mol. The van der Waals surface area contributed by atoms with E-state index in [2.05, 4.69) is 26.7 Å². The summed E-state index contributed by atoms with van der Waals surface area (Å²) in [6.45, 7) is 7.41. The minimum Gasteiger partial charge on any atom is -0.369 e. The lowest BCUT2D eigenvalue weighted by molar-refractivity contribution is 0.271. The fourth-order valence-electron chi connectivity index (χ4n) is 2.17. The molecule has 5 heteroatoms. The van der Waals surface area contributed by atoms with Crippen LogP contribution < -0.4 is 4.90 Å². The Kier molecular flexibility index (Phi) is 3.85. The van der Waals surface area contributed by atoms with Gasteiger partial charge in [0.1, 0.15) is 0 Å². The number of piperazine rings is 1. The van der Waals surface area contributed by atoms with E-state index >= 15 is 0 Å². The molecular weight excluding hydrogens is 214 g/mol. The maximum atomic E-state index is 8.55. The average Bonchev–Trinajstić information content (AvgIpc) is 2.40. The van der Waals surface area contributed by atoms with Gasteiger partial charge in [-0.05, 0) is 18.1 Å². The van der Waals surface area contributed by atoms with Gasteiger partial charge in [-0.15, -0.1) is 0 Å². The summed E-state index contributed by atoms with van der Waals surface area (Å²) in [6, 6.07) is 7.76. The molecule has 1 aliphatic heterocycles. The van der Waals surface area contributed by atoms with E-state index < -0.39 is 0 Å². The van der Waals surface area contributed by atoms with E-state index in [1.54, 1.807) is 0 Å². The summed E-state index contributed by atoms with van der Waals surface area (Å²) in [5.41, 5.74) is 10.3. The summed E-state index contributed by atoms with van der Waals surface area (Å²) < 4.78 is 0. The monoisotopic (exact) mass is 231 g/mol. The zero-order valence-corrected chi connectivity index (χ0v) is 10.1. The van der Waals surface area contributed by atoms with Crippen molar-refractivity contribution in [3.8, 4) is 0 Å². The minimum atomic E-state index is 0.722. The number of hydrogen-bond acceptors (Lipinski definition) is 3. The highest BCUT2D eigenvalue weighted by molar-refractivity contribution is 5.66. The van der Waals surface area contributed by atoms with Crippen LogP contribution in [0, 0.1) is 0 Å². The fourth-order valence-corrected chi connectivity index (χ4v) is 2.17. The summed E-state index contributed by atoms with van der Waals surface area (Å²) in [6.07, 6.45) is 0. The molecule has 17 heavy (non-hydrogen) atoms.